The lowest BCUT2D eigenvalue weighted by Gasteiger charge is -2.29. The molecule has 0 N–H and O–H groups in total. The molecule has 22 heavy (non-hydrogen) atoms. The van der Waals surface area contributed by atoms with E-state index in [0.29, 0.717) is 11.3 Å². The Hall–Kier alpha value is -1.13. The minimum atomic E-state index is -3.28. The molecule has 2 rings (SSSR count). The minimum absolute atomic E-state index is 0.428. The SMILES string of the molecule is CC1=CCCN(CCCC(C)(C)S(=O)(=O)c2ccccc2)C1. The second-order valence-corrected chi connectivity index (χ2v) is 9.38. The molecule has 0 spiro atoms. The van der Waals surface area contributed by atoms with Crippen LogP contribution in [0.4, 0.5) is 0 Å². The van der Waals surface area contributed by atoms with Gasteiger partial charge in [-0.05, 0) is 58.7 Å². The van der Waals surface area contributed by atoms with Crippen LogP contribution < -0.4 is 0 Å². The highest BCUT2D eigenvalue weighted by molar-refractivity contribution is 7.92. The number of rotatable bonds is 6. The van der Waals surface area contributed by atoms with E-state index in [0.717, 1.165) is 32.5 Å². The Balaban J connectivity index is 1.95. The lowest BCUT2D eigenvalue weighted by atomic mass is 10.1. The van der Waals surface area contributed by atoms with Crippen molar-refractivity contribution >= 4 is 9.84 Å². The highest BCUT2D eigenvalue weighted by Crippen LogP contribution is 2.29. The highest BCUT2D eigenvalue weighted by Gasteiger charge is 2.35. The molecule has 0 bridgehead atoms. The molecule has 0 radical (unpaired) electrons. The van der Waals surface area contributed by atoms with Gasteiger partial charge in [0.05, 0.1) is 9.64 Å². The van der Waals surface area contributed by atoms with Gasteiger partial charge in [0.15, 0.2) is 9.84 Å². The second-order valence-electron chi connectivity index (χ2n) is 6.80. The minimum Gasteiger partial charge on any atom is -0.299 e. The van der Waals surface area contributed by atoms with E-state index in [9.17, 15) is 8.42 Å². The van der Waals surface area contributed by atoms with Gasteiger partial charge in [0.1, 0.15) is 0 Å². The van der Waals surface area contributed by atoms with Crippen molar-refractivity contribution in [3.8, 4) is 0 Å². The largest absolute Gasteiger partial charge is 0.299 e. The fourth-order valence-electron chi connectivity index (χ4n) is 2.96. The molecule has 0 atom stereocenters. The monoisotopic (exact) mass is 321 g/mol. The van der Waals surface area contributed by atoms with Crippen LogP contribution in [-0.4, -0.2) is 37.7 Å². The van der Waals surface area contributed by atoms with Crippen molar-refractivity contribution in [1.82, 2.24) is 4.90 Å². The van der Waals surface area contributed by atoms with Crippen LogP contribution in [0.3, 0.4) is 0 Å². The third-order valence-corrected chi connectivity index (χ3v) is 7.00. The molecule has 1 heterocycles. The van der Waals surface area contributed by atoms with E-state index < -0.39 is 14.6 Å². The van der Waals surface area contributed by atoms with E-state index in [1.807, 2.05) is 19.9 Å². The molecular formula is C18H27NO2S. The topological polar surface area (TPSA) is 37.4 Å². The van der Waals surface area contributed by atoms with Crippen molar-refractivity contribution in [2.24, 2.45) is 0 Å². The third-order valence-electron chi connectivity index (χ3n) is 4.45. The molecule has 3 nitrogen and oxygen atoms in total. The summed E-state index contributed by atoms with van der Waals surface area (Å²) in [5, 5.41) is 0. The molecule has 1 aliphatic rings. The average molecular weight is 321 g/mol. The number of sulfone groups is 1. The van der Waals surface area contributed by atoms with E-state index in [2.05, 4.69) is 17.9 Å². The Labute approximate surface area is 135 Å². The van der Waals surface area contributed by atoms with E-state index in [1.165, 1.54) is 5.57 Å². The molecule has 0 amide bonds. The van der Waals surface area contributed by atoms with Crippen molar-refractivity contribution in [1.29, 1.82) is 0 Å². The quantitative estimate of drug-likeness (QED) is 0.750. The predicted molar refractivity (Wildman–Crippen MR) is 91.8 cm³/mol. The molecule has 0 unspecified atom stereocenters. The summed E-state index contributed by atoms with van der Waals surface area (Å²) < 4.78 is 24.8. The van der Waals surface area contributed by atoms with Gasteiger partial charge in [-0.25, -0.2) is 8.42 Å². The summed E-state index contributed by atoms with van der Waals surface area (Å²) >= 11 is 0. The van der Waals surface area contributed by atoms with Crippen molar-refractivity contribution in [2.45, 2.75) is 49.7 Å². The zero-order valence-electron chi connectivity index (χ0n) is 13.9. The third kappa shape index (κ3) is 3.99. The average Bonchev–Trinajstić information content (AvgIpc) is 2.48. The Kier molecular flexibility index (Phi) is 5.45. The van der Waals surface area contributed by atoms with Crippen LogP contribution in [0.5, 0.6) is 0 Å². The van der Waals surface area contributed by atoms with Gasteiger partial charge < -0.3 is 0 Å². The van der Waals surface area contributed by atoms with Gasteiger partial charge in [-0.2, -0.15) is 0 Å². The molecule has 0 aromatic heterocycles. The summed E-state index contributed by atoms with van der Waals surface area (Å²) in [6, 6.07) is 8.79. The first kappa shape index (κ1) is 17.2. The van der Waals surface area contributed by atoms with Crippen LogP contribution in [0.1, 0.15) is 40.0 Å². The van der Waals surface area contributed by atoms with Crippen molar-refractivity contribution in [3.63, 3.8) is 0 Å². The van der Waals surface area contributed by atoms with Crippen LogP contribution in [0.15, 0.2) is 46.9 Å². The molecule has 0 fully saturated rings. The van der Waals surface area contributed by atoms with Crippen molar-refractivity contribution in [2.75, 3.05) is 19.6 Å². The molecule has 0 saturated heterocycles. The lowest BCUT2D eigenvalue weighted by molar-refractivity contribution is 0.279. The summed E-state index contributed by atoms with van der Waals surface area (Å²) in [5.74, 6) is 0. The smallest absolute Gasteiger partial charge is 0.183 e. The standard InChI is InChI=1S/C18H27NO2S/c1-16-9-7-13-19(15-16)14-8-12-18(2,3)22(20,21)17-10-5-4-6-11-17/h4-6,9-11H,7-8,12-15H2,1-3H3. The normalized spacial score (nSPS) is 17.3. The van der Waals surface area contributed by atoms with Gasteiger partial charge in [0.2, 0.25) is 0 Å². The first-order chi connectivity index (χ1) is 10.3. The summed E-state index contributed by atoms with van der Waals surface area (Å²) in [6.07, 6.45) is 4.99. The summed E-state index contributed by atoms with van der Waals surface area (Å²) in [4.78, 5) is 2.84. The number of hydrogen-bond acceptors (Lipinski definition) is 3. The van der Waals surface area contributed by atoms with Gasteiger partial charge in [-0.1, -0.05) is 29.8 Å². The van der Waals surface area contributed by atoms with Crippen LogP contribution in [0, 0.1) is 0 Å². The van der Waals surface area contributed by atoms with Crippen LogP contribution >= 0.6 is 0 Å². The van der Waals surface area contributed by atoms with E-state index in [-0.39, 0.29) is 0 Å². The maximum absolute atomic E-state index is 12.8. The Morgan fingerprint density at radius 3 is 2.50 bits per heavy atom. The first-order valence-electron chi connectivity index (χ1n) is 8.00. The summed E-state index contributed by atoms with van der Waals surface area (Å²) in [5.41, 5.74) is 1.42. The van der Waals surface area contributed by atoms with E-state index in [4.69, 9.17) is 0 Å². The zero-order valence-corrected chi connectivity index (χ0v) is 14.7. The number of benzene rings is 1. The van der Waals surface area contributed by atoms with Gasteiger partial charge in [-0.3, -0.25) is 4.90 Å². The summed E-state index contributed by atoms with van der Waals surface area (Å²) in [6.45, 7) is 8.93. The highest BCUT2D eigenvalue weighted by atomic mass is 32.2. The van der Waals surface area contributed by atoms with Gasteiger partial charge >= 0.3 is 0 Å². The van der Waals surface area contributed by atoms with Gasteiger partial charge in [-0.15, -0.1) is 0 Å². The fourth-order valence-corrected chi connectivity index (χ4v) is 4.53. The van der Waals surface area contributed by atoms with E-state index >= 15 is 0 Å². The Bertz CT molecular complexity index is 618. The zero-order chi connectivity index (χ0) is 16.2. The molecule has 1 aliphatic heterocycles. The van der Waals surface area contributed by atoms with Crippen LogP contribution in [-0.2, 0) is 9.84 Å². The molecule has 0 saturated carbocycles. The predicted octanol–water partition coefficient (Wildman–Crippen LogP) is 3.67. The maximum atomic E-state index is 12.8. The number of nitrogens with zero attached hydrogens (tertiary/aromatic N) is 1. The van der Waals surface area contributed by atoms with Crippen LogP contribution in [0.25, 0.3) is 0 Å². The lowest BCUT2D eigenvalue weighted by Crippen LogP contribution is -2.35. The molecule has 4 heteroatoms. The fraction of sp³-hybridized carbons (Fsp3) is 0.556. The molecule has 0 aliphatic carbocycles. The molecular weight excluding hydrogens is 294 g/mol. The van der Waals surface area contributed by atoms with Crippen LogP contribution in [0.2, 0.25) is 0 Å². The number of hydrogen-bond donors (Lipinski definition) is 0. The molecule has 122 valence electrons. The Morgan fingerprint density at radius 2 is 1.86 bits per heavy atom. The van der Waals surface area contributed by atoms with E-state index in [1.54, 1.807) is 24.3 Å². The van der Waals surface area contributed by atoms with Crippen molar-refractivity contribution in [3.05, 3.63) is 42.0 Å². The van der Waals surface area contributed by atoms with Crippen molar-refractivity contribution < 1.29 is 8.42 Å². The first-order valence-corrected chi connectivity index (χ1v) is 9.49. The van der Waals surface area contributed by atoms with Gasteiger partial charge in [0.25, 0.3) is 0 Å². The summed E-state index contributed by atoms with van der Waals surface area (Å²) in [7, 11) is -3.28. The second kappa shape index (κ2) is 6.97. The molecule has 1 aromatic carbocycles. The maximum Gasteiger partial charge on any atom is 0.183 e. The van der Waals surface area contributed by atoms with Gasteiger partial charge in [0, 0.05) is 13.1 Å². The Morgan fingerprint density at radius 1 is 1.18 bits per heavy atom. The molecule has 1 aromatic rings.